The van der Waals surface area contributed by atoms with E-state index in [4.69, 9.17) is 0 Å². The van der Waals surface area contributed by atoms with Gasteiger partial charge in [-0.2, -0.15) is 0 Å². The van der Waals surface area contributed by atoms with E-state index >= 15 is 0 Å². The summed E-state index contributed by atoms with van der Waals surface area (Å²) in [5, 5.41) is 22.9. The van der Waals surface area contributed by atoms with Gasteiger partial charge in [-0.25, -0.2) is 0 Å². The summed E-state index contributed by atoms with van der Waals surface area (Å²) < 4.78 is 0. The molecule has 1 amide bonds. The highest BCUT2D eigenvalue weighted by atomic mass is 16.3. The first-order valence-corrected chi connectivity index (χ1v) is 22.2. The van der Waals surface area contributed by atoms with Crippen LogP contribution in [0, 0.1) is 0 Å². The molecule has 0 saturated heterocycles. The van der Waals surface area contributed by atoms with Gasteiger partial charge in [-0.05, 0) is 57.8 Å². The van der Waals surface area contributed by atoms with E-state index in [0.29, 0.717) is 12.8 Å². The van der Waals surface area contributed by atoms with Crippen molar-refractivity contribution in [1.82, 2.24) is 5.32 Å². The minimum absolute atomic E-state index is 0.155. The monoisotopic (exact) mass is 724 g/mol. The van der Waals surface area contributed by atoms with Crippen LogP contribution in [0.1, 0.15) is 206 Å². The third kappa shape index (κ3) is 39.0. The molecule has 0 fully saturated rings. The summed E-state index contributed by atoms with van der Waals surface area (Å²) in [7, 11) is 0. The average molecular weight is 724 g/mol. The zero-order valence-corrected chi connectivity index (χ0v) is 34.3. The molecule has 4 nitrogen and oxygen atoms in total. The van der Waals surface area contributed by atoms with Crippen molar-refractivity contribution >= 4 is 5.91 Å². The van der Waals surface area contributed by atoms with Gasteiger partial charge < -0.3 is 15.5 Å². The van der Waals surface area contributed by atoms with Crippen molar-refractivity contribution in [2.75, 3.05) is 6.61 Å². The lowest BCUT2D eigenvalue weighted by atomic mass is 10.0. The van der Waals surface area contributed by atoms with Gasteiger partial charge in [0.25, 0.3) is 0 Å². The number of hydrogen-bond donors (Lipinski definition) is 3. The van der Waals surface area contributed by atoms with Crippen LogP contribution in [0.25, 0.3) is 0 Å². The summed E-state index contributed by atoms with van der Waals surface area (Å²) in [6, 6.07) is -0.680. The minimum atomic E-state index is -0.894. The number of amides is 1. The average Bonchev–Trinajstić information content (AvgIpc) is 3.15. The highest BCUT2D eigenvalue weighted by Crippen LogP contribution is 2.15. The van der Waals surface area contributed by atoms with Crippen LogP contribution in [0.3, 0.4) is 0 Å². The Labute approximate surface area is 323 Å². The molecule has 0 rings (SSSR count). The Bertz CT molecular complexity index is 915. The molecule has 2 unspecified atom stereocenters. The standard InChI is InChI=1S/C48H85NO3/c1-3-5-7-9-11-13-15-17-18-19-20-21-22-23-24-25-26-27-28-29-30-32-33-35-37-39-41-43-47(51)46(45-50)49-48(52)44-42-40-38-36-34-31-16-14-12-10-8-6-4-2/h6,8,12,14,31,33-35,38,40-41,43,46-47,50-51H,3-5,7,9-11,13,15-30,32,36-37,39,42,44-45H2,1-2H3,(H,49,52)/b8-6-,14-12-,34-31-,35-33+,40-38-,43-41+. The van der Waals surface area contributed by atoms with E-state index in [0.717, 1.165) is 44.9 Å². The molecular weight excluding hydrogens is 639 g/mol. The molecule has 52 heavy (non-hydrogen) atoms. The molecule has 0 spiro atoms. The van der Waals surface area contributed by atoms with Gasteiger partial charge >= 0.3 is 0 Å². The zero-order chi connectivity index (χ0) is 37.8. The molecule has 2 atom stereocenters. The SMILES string of the molecule is CC/C=C\C/C=C\C/C=C\C/C=C\CCC(=O)NC(CO)C(O)/C=C/CC/C=C/CCCCCCCCCCCCCCCCCCCCCCC. The molecule has 0 aromatic rings. The van der Waals surface area contributed by atoms with E-state index in [2.05, 4.69) is 73.8 Å². The maximum absolute atomic E-state index is 12.3. The van der Waals surface area contributed by atoms with Crippen molar-refractivity contribution in [1.29, 1.82) is 0 Å². The summed E-state index contributed by atoms with van der Waals surface area (Å²) in [4.78, 5) is 12.3. The van der Waals surface area contributed by atoms with Crippen molar-refractivity contribution in [3.63, 3.8) is 0 Å². The Kier molecular flexibility index (Phi) is 41.4. The van der Waals surface area contributed by atoms with Crippen LogP contribution in [0.4, 0.5) is 0 Å². The van der Waals surface area contributed by atoms with Crippen molar-refractivity contribution in [3.8, 4) is 0 Å². The first-order chi connectivity index (χ1) is 25.7. The first kappa shape index (κ1) is 49.8. The van der Waals surface area contributed by atoms with Gasteiger partial charge in [0.1, 0.15) is 0 Å². The van der Waals surface area contributed by atoms with E-state index in [1.54, 1.807) is 6.08 Å². The second-order valence-corrected chi connectivity index (χ2v) is 14.7. The fraction of sp³-hybridized carbons (Fsp3) is 0.729. The Balaban J connectivity index is 3.62. The van der Waals surface area contributed by atoms with Gasteiger partial charge in [0.05, 0.1) is 18.8 Å². The number of unbranched alkanes of at least 4 members (excludes halogenated alkanes) is 22. The number of aliphatic hydroxyl groups is 2. The molecule has 0 aliphatic heterocycles. The summed E-state index contributed by atoms with van der Waals surface area (Å²) in [6.07, 6.45) is 61.9. The topological polar surface area (TPSA) is 69.6 Å². The number of nitrogens with one attached hydrogen (secondary N) is 1. The molecule has 0 bridgehead atoms. The number of carbonyl (C=O) groups is 1. The number of hydrogen-bond acceptors (Lipinski definition) is 3. The number of aliphatic hydroxyl groups excluding tert-OH is 2. The van der Waals surface area contributed by atoms with Gasteiger partial charge in [-0.15, -0.1) is 0 Å². The van der Waals surface area contributed by atoms with Crippen LogP contribution >= 0.6 is 0 Å². The van der Waals surface area contributed by atoms with Gasteiger partial charge in [0, 0.05) is 6.42 Å². The predicted octanol–water partition coefficient (Wildman–Crippen LogP) is 13.9. The molecule has 4 heteroatoms. The first-order valence-electron chi connectivity index (χ1n) is 22.2. The normalized spacial score (nSPS) is 13.7. The lowest BCUT2D eigenvalue weighted by molar-refractivity contribution is -0.122. The van der Waals surface area contributed by atoms with Crippen molar-refractivity contribution < 1.29 is 15.0 Å². The molecule has 0 radical (unpaired) electrons. The van der Waals surface area contributed by atoms with Crippen LogP contribution < -0.4 is 5.32 Å². The number of rotatable bonds is 39. The fourth-order valence-corrected chi connectivity index (χ4v) is 6.32. The molecule has 0 aliphatic carbocycles. The van der Waals surface area contributed by atoms with Gasteiger partial charge in [0.15, 0.2) is 0 Å². The van der Waals surface area contributed by atoms with Crippen LogP contribution in [-0.2, 0) is 4.79 Å². The van der Waals surface area contributed by atoms with E-state index < -0.39 is 12.1 Å². The second-order valence-electron chi connectivity index (χ2n) is 14.7. The predicted molar refractivity (Wildman–Crippen MR) is 230 cm³/mol. The highest BCUT2D eigenvalue weighted by molar-refractivity contribution is 5.76. The molecule has 300 valence electrons. The van der Waals surface area contributed by atoms with Crippen LogP contribution in [0.5, 0.6) is 0 Å². The van der Waals surface area contributed by atoms with Crippen molar-refractivity contribution in [3.05, 3.63) is 72.9 Å². The van der Waals surface area contributed by atoms with Crippen molar-refractivity contribution in [2.24, 2.45) is 0 Å². The maximum Gasteiger partial charge on any atom is 0.220 e. The van der Waals surface area contributed by atoms with E-state index in [-0.39, 0.29) is 12.5 Å². The van der Waals surface area contributed by atoms with E-state index in [9.17, 15) is 15.0 Å². The largest absolute Gasteiger partial charge is 0.394 e. The molecule has 0 aliphatic rings. The van der Waals surface area contributed by atoms with Crippen LogP contribution in [0.2, 0.25) is 0 Å². The number of allylic oxidation sites excluding steroid dienone is 11. The highest BCUT2D eigenvalue weighted by Gasteiger charge is 2.17. The summed E-state index contributed by atoms with van der Waals surface area (Å²) >= 11 is 0. The molecular formula is C48H85NO3. The lowest BCUT2D eigenvalue weighted by Crippen LogP contribution is -2.45. The molecule has 3 N–H and O–H groups in total. The summed E-state index contributed by atoms with van der Waals surface area (Å²) in [6.45, 7) is 4.14. The van der Waals surface area contributed by atoms with Gasteiger partial charge in [-0.1, -0.05) is 215 Å². The van der Waals surface area contributed by atoms with E-state index in [1.807, 2.05) is 12.2 Å². The zero-order valence-electron chi connectivity index (χ0n) is 34.3. The summed E-state index contributed by atoms with van der Waals surface area (Å²) in [5.41, 5.74) is 0. The van der Waals surface area contributed by atoms with E-state index in [1.165, 1.54) is 135 Å². The third-order valence-electron chi connectivity index (χ3n) is 9.69. The smallest absolute Gasteiger partial charge is 0.220 e. The quantitative estimate of drug-likeness (QED) is 0.0437. The Morgan fingerprint density at radius 1 is 0.481 bits per heavy atom. The fourth-order valence-electron chi connectivity index (χ4n) is 6.32. The Hall–Kier alpha value is -2.17. The number of carbonyl (C=O) groups excluding carboxylic acids is 1. The molecule has 0 aromatic carbocycles. The maximum atomic E-state index is 12.3. The Morgan fingerprint density at radius 3 is 1.33 bits per heavy atom. The summed E-state index contributed by atoms with van der Waals surface area (Å²) in [5.74, 6) is -0.155. The van der Waals surface area contributed by atoms with Crippen LogP contribution in [0.15, 0.2) is 72.9 Å². The lowest BCUT2D eigenvalue weighted by Gasteiger charge is -2.19. The van der Waals surface area contributed by atoms with Gasteiger partial charge in [0.2, 0.25) is 5.91 Å². The van der Waals surface area contributed by atoms with Gasteiger partial charge in [-0.3, -0.25) is 4.79 Å². The third-order valence-corrected chi connectivity index (χ3v) is 9.69. The molecule has 0 aromatic heterocycles. The minimum Gasteiger partial charge on any atom is -0.394 e. The molecule has 0 saturated carbocycles. The van der Waals surface area contributed by atoms with Crippen molar-refractivity contribution in [2.45, 2.75) is 219 Å². The van der Waals surface area contributed by atoms with Crippen LogP contribution in [-0.4, -0.2) is 34.9 Å². The Morgan fingerprint density at radius 2 is 0.865 bits per heavy atom. The molecule has 0 heterocycles. The second kappa shape index (κ2) is 43.2.